The molecule has 3 unspecified atom stereocenters. The number of amides is 1. The summed E-state index contributed by atoms with van der Waals surface area (Å²) in [7, 11) is 0. The molecule has 0 radical (unpaired) electrons. The number of nitrogens with zero attached hydrogens (tertiary/aromatic N) is 3. The SMILES string of the molecule is CC1CN(C=O)CC(C)N1c1cccc(-c2c3cc(N)nc2OC3c2cccc(F)c2C(F)(F)F)c1. The highest BCUT2D eigenvalue weighted by Gasteiger charge is 2.42. The van der Waals surface area contributed by atoms with Crippen LogP contribution in [0.4, 0.5) is 29.1 Å². The van der Waals surface area contributed by atoms with E-state index in [0.29, 0.717) is 29.8 Å². The fraction of sp³-hybridized carbons (Fsp3) is 0.308. The number of ether oxygens (including phenoxy) is 1. The van der Waals surface area contributed by atoms with E-state index in [-0.39, 0.29) is 29.3 Å². The number of aromatic nitrogens is 1. The fourth-order valence-corrected chi connectivity index (χ4v) is 5.39. The summed E-state index contributed by atoms with van der Waals surface area (Å²) in [6.45, 7) is 5.20. The van der Waals surface area contributed by atoms with Gasteiger partial charge in [0.25, 0.3) is 0 Å². The van der Waals surface area contributed by atoms with Crippen LogP contribution in [0.5, 0.6) is 5.88 Å². The molecule has 6 nitrogen and oxygen atoms in total. The van der Waals surface area contributed by atoms with Crippen LogP contribution in [0.3, 0.4) is 0 Å². The van der Waals surface area contributed by atoms with Crippen molar-refractivity contribution in [3.8, 4) is 17.0 Å². The van der Waals surface area contributed by atoms with Gasteiger partial charge in [-0.05, 0) is 43.7 Å². The third-order valence-electron chi connectivity index (χ3n) is 6.69. The maximum absolute atomic E-state index is 14.3. The minimum absolute atomic E-state index is 0.0495. The molecule has 2 bridgehead atoms. The van der Waals surface area contributed by atoms with E-state index in [1.54, 1.807) is 4.90 Å². The molecule has 188 valence electrons. The van der Waals surface area contributed by atoms with Crippen LogP contribution in [-0.2, 0) is 11.0 Å². The Morgan fingerprint density at radius 1 is 1.06 bits per heavy atom. The van der Waals surface area contributed by atoms with Gasteiger partial charge in [0, 0.05) is 42.0 Å². The van der Waals surface area contributed by atoms with Crippen molar-refractivity contribution in [1.82, 2.24) is 9.88 Å². The predicted octanol–water partition coefficient (Wildman–Crippen LogP) is 5.03. The fourth-order valence-electron chi connectivity index (χ4n) is 5.39. The molecule has 1 fully saturated rings. The van der Waals surface area contributed by atoms with Crippen molar-refractivity contribution >= 4 is 17.9 Å². The Hall–Kier alpha value is -3.82. The Morgan fingerprint density at radius 2 is 1.75 bits per heavy atom. The third-order valence-corrected chi connectivity index (χ3v) is 6.69. The second kappa shape index (κ2) is 8.69. The van der Waals surface area contributed by atoms with Gasteiger partial charge in [-0.1, -0.05) is 24.3 Å². The number of nitrogens with two attached hydrogens (primary N) is 1. The largest absolute Gasteiger partial charge is 0.464 e. The standard InChI is InChI=1S/C26H24F4N4O2/c1-14-11-33(13-35)12-15(2)34(14)17-6-3-5-16(9-17)22-19-10-21(31)32-25(22)36-24(19)18-7-4-8-20(27)23(18)26(28,29)30/h3-10,13-15,24H,11-12H2,1-2H3,(H2,31,32). The number of alkyl halides is 3. The number of pyridine rings is 1. The number of fused-ring (bicyclic) bond motifs is 2. The highest BCUT2D eigenvalue weighted by molar-refractivity contribution is 5.80. The number of anilines is 2. The molecule has 2 aromatic carbocycles. The molecule has 5 rings (SSSR count). The van der Waals surface area contributed by atoms with Crippen LogP contribution < -0.4 is 15.4 Å². The van der Waals surface area contributed by atoms with Crippen molar-refractivity contribution in [3.63, 3.8) is 0 Å². The number of halogens is 4. The van der Waals surface area contributed by atoms with E-state index < -0.39 is 23.7 Å². The molecular formula is C26H24F4N4O2. The Morgan fingerprint density at radius 3 is 2.42 bits per heavy atom. The highest BCUT2D eigenvalue weighted by atomic mass is 19.4. The smallest absolute Gasteiger partial charge is 0.419 e. The average molecular weight is 500 g/mol. The monoisotopic (exact) mass is 500 g/mol. The Bertz CT molecular complexity index is 1320. The first-order valence-corrected chi connectivity index (χ1v) is 11.5. The average Bonchev–Trinajstić information content (AvgIpc) is 3.05. The number of hydrogen-bond donors (Lipinski definition) is 1. The number of piperazine rings is 1. The third kappa shape index (κ3) is 4.00. The van der Waals surface area contributed by atoms with Crippen molar-refractivity contribution in [2.24, 2.45) is 0 Å². The van der Waals surface area contributed by atoms with Crippen LogP contribution >= 0.6 is 0 Å². The zero-order valence-electron chi connectivity index (χ0n) is 19.6. The summed E-state index contributed by atoms with van der Waals surface area (Å²) in [4.78, 5) is 19.4. The Kier molecular flexibility index (Phi) is 5.77. The number of carbonyl (C=O) groups excluding carboxylic acids is 1. The van der Waals surface area contributed by atoms with Gasteiger partial charge in [-0.25, -0.2) is 4.39 Å². The number of nitrogen functional groups attached to an aromatic ring is 1. The number of rotatable bonds is 4. The van der Waals surface area contributed by atoms with Crippen LogP contribution in [0.1, 0.15) is 36.6 Å². The Labute approximate surface area is 205 Å². The molecule has 10 heteroatoms. The lowest BCUT2D eigenvalue weighted by Gasteiger charge is -2.44. The molecule has 3 heterocycles. The van der Waals surface area contributed by atoms with Crippen molar-refractivity contribution in [2.45, 2.75) is 38.2 Å². The lowest BCUT2D eigenvalue weighted by Crippen LogP contribution is -2.56. The molecule has 1 amide bonds. The second-order valence-corrected chi connectivity index (χ2v) is 9.23. The number of hydrogen-bond acceptors (Lipinski definition) is 5. The number of carbonyl (C=O) groups is 1. The summed E-state index contributed by atoms with van der Waals surface area (Å²) < 4.78 is 61.5. The first-order chi connectivity index (χ1) is 17.1. The summed E-state index contributed by atoms with van der Waals surface area (Å²) >= 11 is 0. The summed E-state index contributed by atoms with van der Waals surface area (Å²) in [5.74, 6) is -1.18. The van der Waals surface area contributed by atoms with Crippen LogP contribution in [0, 0.1) is 5.82 Å². The van der Waals surface area contributed by atoms with E-state index in [0.717, 1.165) is 18.2 Å². The van der Waals surface area contributed by atoms with Crippen molar-refractivity contribution < 1.29 is 27.1 Å². The van der Waals surface area contributed by atoms with E-state index in [4.69, 9.17) is 10.5 Å². The predicted molar refractivity (Wildman–Crippen MR) is 127 cm³/mol. The van der Waals surface area contributed by atoms with Crippen molar-refractivity contribution in [1.29, 1.82) is 0 Å². The first-order valence-electron chi connectivity index (χ1n) is 11.5. The van der Waals surface area contributed by atoms with Crippen LogP contribution in [-0.4, -0.2) is 41.5 Å². The molecule has 1 saturated heterocycles. The summed E-state index contributed by atoms with van der Waals surface area (Å²) in [5.41, 5.74) is 6.70. The topological polar surface area (TPSA) is 71.7 Å². The van der Waals surface area contributed by atoms with E-state index >= 15 is 0 Å². The highest BCUT2D eigenvalue weighted by Crippen LogP contribution is 2.50. The molecule has 3 aromatic rings. The van der Waals surface area contributed by atoms with E-state index in [9.17, 15) is 22.4 Å². The van der Waals surface area contributed by atoms with Crippen LogP contribution in [0.15, 0.2) is 48.5 Å². The van der Waals surface area contributed by atoms with Gasteiger partial charge in [0.05, 0.1) is 11.1 Å². The zero-order chi connectivity index (χ0) is 25.8. The molecule has 2 aliphatic heterocycles. The van der Waals surface area contributed by atoms with Gasteiger partial charge >= 0.3 is 6.18 Å². The quantitative estimate of drug-likeness (QED) is 0.402. The van der Waals surface area contributed by atoms with Crippen molar-refractivity contribution in [2.75, 3.05) is 23.7 Å². The van der Waals surface area contributed by atoms with Gasteiger partial charge in [0.15, 0.2) is 6.10 Å². The van der Waals surface area contributed by atoms with Crippen LogP contribution in [0.2, 0.25) is 0 Å². The van der Waals surface area contributed by atoms with E-state index in [1.807, 2.05) is 38.1 Å². The van der Waals surface area contributed by atoms with Gasteiger partial charge in [-0.2, -0.15) is 18.2 Å². The lowest BCUT2D eigenvalue weighted by molar-refractivity contribution is -0.141. The second-order valence-electron chi connectivity index (χ2n) is 9.23. The lowest BCUT2D eigenvalue weighted by atomic mass is 9.92. The van der Waals surface area contributed by atoms with Gasteiger partial charge in [0.1, 0.15) is 11.6 Å². The van der Waals surface area contributed by atoms with E-state index in [1.165, 1.54) is 18.2 Å². The molecule has 0 saturated carbocycles. The molecule has 0 aliphatic carbocycles. The first kappa shape index (κ1) is 23.9. The summed E-state index contributed by atoms with van der Waals surface area (Å²) in [5, 5.41) is 0. The van der Waals surface area contributed by atoms with E-state index in [2.05, 4.69) is 9.88 Å². The minimum atomic E-state index is -4.91. The molecular weight excluding hydrogens is 476 g/mol. The zero-order valence-corrected chi connectivity index (χ0v) is 19.6. The van der Waals surface area contributed by atoms with Crippen LogP contribution in [0.25, 0.3) is 11.1 Å². The molecule has 2 aliphatic rings. The molecule has 1 aromatic heterocycles. The molecule has 2 N–H and O–H groups in total. The maximum Gasteiger partial charge on any atom is 0.419 e. The minimum Gasteiger partial charge on any atom is -0.464 e. The van der Waals surface area contributed by atoms with Crippen molar-refractivity contribution in [3.05, 3.63) is 71.0 Å². The Balaban J connectivity index is 1.59. The summed E-state index contributed by atoms with van der Waals surface area (Å²) in [6, 6.07) is 12.3. The molecule has 36 heavy (non-hydrogen) atoms. The van der Waals surface area contributed by atoms with Gasteiger partial charge in [0.2, 0.25) is 12.3 Å². The molecule has 0 spiro atoms. The van der Waals surface area contributed by atoms with Gasteiger partial charge < -0.3 is 20.3 Å². The normalized spacial score (nSPS) is 21.4. The maximum atomic E-state index is 14.3. The summed E-state index contributed by atoms with van der Waals surface area (Å²) in [6.07, 6.45) is -5.28. The van der Waals surface area contributed by atoms with Gasteiger partial charge in [-0.15, -0.1) is 0 Å². The van der Waals surface area contributed by atoms with Gasteiger partial charge in [-0.3, -0.25) is 4.79 Å². The molecule has 3 atom stereocenters. The number of benzene rings is 2.